The molecule has 0 saturated heterocycles. The maximum Gasteiger partial charge on any atom is 0.248 e. The van der Waals surface area contributed by atoms with Gasteiger partial charge in [-0.2, -0.15) is 0 Å². The fourth-order valence-electron chi connectivity index (χ4n) is 2.59. The van der Waals surface area contributed by atoms with Gasteiger partial charge in [0.25, 0.3) is 0 Å². The van der Waals surface area contributed by atoms with E-state index < -0.39 is 0 Å². The molecule has 3 nitrogen and oxygen atoms in total. The molecule has 1 heterocycles. The number of amides is 1. The van der Waals surface area contributed by atoms with E-state index in [4.69, 9.17) is 16.6 Å². The highest BCUT2D eigenvalue weighted by atomic mass is 35.5. The Labute approximate surface area is 156 Å². The molecule has 0 aliphatic heterocycles. The van der Waals surface area contributed by atoms with Gasteiger partial charge in [-0.1, -0.05) is 42.0 Å². The highest BCUT2D eigenvalue weighted by Crippen LogP contribution is 2.34. The quantitative estimate of drug-likeness (QED) is 0.557. The highest BCUT2D eigenvalue weighted by Gasteiger charge is 2.22. The van der Waals surface area contributed by atoms with Crippen LogP contribution in [0.25, 0.3) is 11.3 Å². The Bertz CT molecular complexity index is 902. The average molecular weight is 371 g/mol. The van der Waals surface area contributed by atoms with E-state index in [1.54, 1.807) is 4.90 Å². The minimum absolute atomic E-state index is 0.0904. The lowest BCUT2D eigenvalue weighted by Gasteiger charge is -2.21. The van der Waals surface area contributed by atoms with Gasteiger partial charge >= 0.3 is 0 Å². The smallest absolute Gasteiger partial charge is 0.248 e. The normalized spacial score (nSPS) is 10.7. The van der Waals surface area contributed by atoms with Crippen molar-refractivity contribution in [3.8, 4) is 11.3 Å². The maximum absolute atomic E-state index is 12.5. The summed E-state index contributed by atoms with van der Waals surface area (Å²) in [5, 5.41) is 2.61. The van der Waals surface area contributed by atoms with E-state index in [0.717, 1.165) is 28.1 Å². The summed E-state index contributed by atoms with van der Waals surface area (Å²) in [6.07, 6.45) is 0. The summed E-state index contributed by atoms with van der Waals surface area (Å²) in [7, 11) is 0. The topological polar surface area (TPSA) is 33.2 Å². The van der Waals surface area contributed by atoms with Gasteiger partial charge in [0.1, 0.15) is 5.88 Å². The molecule has 25 heavy (non-hydrogen) atoms. The van der Waals surface area contributed by atoms with Crippen molar-refractivity contribution in [3.05, 3.63) is 64.5 Å². The summed E-state index contributed by atoms with van der Waals surface area (Å²) in [4.78, 5) is 18.8. The van der Waals surface area contributed by atoms with E-state index in [9.17, 15) is 4.79 Å². The summed E-state index contributed by atoms with van der Waals surface area (Å²) in [6, 6.07) is 14.2. The molecule has 0 atom stereocenters. The van der Waals surface area contributed by atoms with E-state index >= 15 is 0 Å². The second-order valence-electron chi connectivity index (χ2n) is 6.03. The van der Waals surface area contributed by atoms with E-state index in [1.165, 1.54) is 16.9 Å². The standard InChI is InChI=1S/C20H19ClN2OS/c1-13-5-8-16(9-6-13)17-12-25-20(22-17)23(19(24)11-21)18-10-14(2)4-7-15(18)3/h4-10,12H,11H2,1-3H3. The number of halogens is 1. The van der Waals surface area contributed by atoms with Crippen LogP contribution in [0.3, 0.4) is 0 Å². The lowest BCUT2D eigenvalue weighted by atomic mass is 10.1. The van der Waals surface area contributed by atoms with Gasteiger partial charge in [-0.25, -0.2) is 4.98 Å². The lowest BCUT2D eigenvalue weighted by molar-refractivity contribution is -0.115. The first-order chi connectivity index (χ1) is 12.0. The number of aromatic nitrogens is 1. The molecule has 0 unspecified atom stereocenters. The first kappa shape index (κ1) is 17.6. The molecular formula is C20H19ClN2OS. The number of carbonyl (C=O) groups excluding carboxylic acids is 1. The SMILES string of the molecule is Cc1ccc(-c2csc(N(C(=O)CCl)c3cc(C)ccc3C)n2)cc1. The zero-order valence-corrected chi connectivity index (χ0v) is 16.0. The highest BCUT2D eigenvalue weighted by molar-refractivity contribution is 7.14. The van der Waals surface area contributed by atoms with Crippen LogP contribution in [0.15, 0.2) is 47.8 Å². The number of hydrogen-bond donors (Lipinski definition) is 0. The van der Waals surface area contributed by atoms with Gasteiger partial charge in [0.2, 0.25) is 5.91 Å². The van der Waals surface area contributed by atoms with E-state index in [-0.39, 0.29) is 11.8 Å². The van der Waals surface area contributed by atoms with Crippen molar-refractivity contribution in [1.82, 2.24) is 4.98 Å². The number of thiazole rings is 1. The Hall–Kier alpha value is -2.17. The summed E-state index contributed by atoms with van der Waals surface area (Å²) in [5.41, 5.74) is 6.02. The number of rotatable bonds is 4. The largest absolute Gasteiger partial charge is 0.273 e. The Balaban J connectivity index is 2.05. The third-order valence-corrected chi connectivity index (χ3v) is 5.05. The van der Waals surface area contributed by atoms with Gasteiger partial charge in [-0.15, -0.1) is 22.9 Å². The minimum atomic E-state index is -0.180. The van der Waals surface area contributed by atoms with Crippen LogP contribution in [-0.2, 0) is 4.79 Å². The molecule has 0 radical (unpaired) electrons. The molecule has 0 fully saturated rings. The molecule has 0 N–H and O–H groups in total. The van der Waals surface area contributed by atoms with Crippen molar-refractivity contribution >= 4 is 39.7 Å². The predicted octanol–water partition coefficient (Wildman–Crippen LogP) is 5.64. The van der Waals surface area contributed by atoms with Gasteiger partial charge in [0, 0.05) is 10.9 Å². The van der Waals surface area contributed by atoms with E-state index in [0.29, 0.717) is 5.13 Å². The molecule has 3 rings (SSSR count). The fourth-order valence-corrected chi connectivity index (χ4v) is 3.57. The Morgan fingerprint density at radius 1 is 1.08 bits per heavy atom. The molecule has 1 aromatic heterocycles. The number of benzene rings is 2. The first-order valence-electron chi connectivity index (χ1n) is 7.98. The average Bonchev–Trinajstić information content (AvgIpc) is 3.08. The number of carbonyl (C=O) groups is 1. The third kappa shape index (κ3) is 3.75. The van der Waals surface area contributed by atoms with Gasteiger partial charge in [0.15, 0.2) is 5.13 Å². The number of nitrogens with zero attached hydrogens (tertiary/aromatic N) is 2. The van der Waals surface area contributed by atoms with Crippen LogP contribution in [0.1, 0.15) is 16.7 Å². The Morgan fingerprint density at radius 2 is 1.76 bits per heavy atom. The van der Waals surface area contributed by atoms with Crippen molar-refractivity contribution in [2.24, 2.45) is 0 Å². The van der Waals surface area contributed by atoms with Crippen molar-refractivity contribution in [2.75, 3.05) is 10.8 Å². The van der Waals surface area contributed by atoms with Crippen LogP contribution in [0.2, 0.25) is 0 Å². The second kappa shape index (κ2) is 7.38. The monoisotopic (exact) mass is 370 g/mol. The van der Waals surface area contributed by atoms with Crippen molar-refractivity contribution in [1.29, 1.82) is 0 Å². The number of hydrogen-bond acceptors (Lipinski definition) is 3. The van der Waals surface area contributed by atoms with Gasteiger partial charge in [-0.05, 0) is 38.0 Å². The molecule has 0 aliphatic carbocycles. The summed E-state index contributed by atoms with van der Waals surface area (Å²) >= 11 is 7.31. The lowest BCUT2D eigenvalue weighted by Crippen LogP contribution is -2.27. The molecular weight excluding hydrogens is 352 g/mol. The number of anilines is 2. The Kier molecular flexibility index (Phi) is 5.21. The van der Waals surface area contributed by atoms with Gasteiger partial charge in [-0.3, -0.25) is 9.69 Å². The zero-order chi connectivity index (χ0) is 18.0. The molecule has 0 spiro atoms. The summed E-state index contributed by atoms with van der Waals surface area (Å²) in [5.74, 6) is -0.271. The predicted molar refractivity (Wildman–Crippen MR) is 106 cm³/mol. The van der Waals surface area contributed by atoms with Crippen molar-refractivity contribution < 1.29 is 4.79 Å². The third-order valence-electron chi connectivity index (χ3n) is 4.00. The van der Waals surface area contributed by atoms with Crippen LogP contribution in [0.4, 0.5) is 10.8 Å². The van der Waals surface area contributed by atoms with Crippen molar-refractivity contribution in [2.45, 2.75) is 20.8 Å². The fraction of sp³-hybridized carbons (Fsp3) is 0.200. The van der Waals surface area contributed by atoms with Crippen LogP contribution < -0.4 is 4.90 Å². The molecule has 0 aliphatic rings. The zero-order valence-electron chi connectivity index (χ0n) is 14.4. The number of aryl methyl sites for hydroxylation is 3. The first-order valence-corrected chi connectivity index (χ1v) is 9.40. The molecule has 3 aromatic rings. The van der Waals surface area contributed by atoms with Gasteiger partial charge < -0.3 is 0 Å². The second-order valence-corrected chi connectivity index (χ2v) is 7.14. The molecule has 5 heteroatoms. The van der Waals surface area contributed by atoms with Crippen LogP contribution in [0.5, 0.6) is 0 Å². The van der Waals surface area contributed by atoms with E-state index in [2.05, 4.69) is 19.1 Å². The minimum Gasteiger partial charge on any atom is -0.273 e. The molecule has 2 aromatic carbocycles. The maximum atomic E-state index is 12.5. The van der Waals surface area contributed by atoms with Crippen molar-refractivity contribution in [3.63, 3.8) is 0 Å². The molecule has 0 bridgehead atoms. The van der Waals surface area contributed by atoms with Crippen LogP contribution in [-0.4, -0.2) is 16.8 Å². The molecule has 1 amide bonds. The molecule has 128 valence electrons. The molecule has 0 saturated carbocycles. The summed E-state index contributed by atoms with van der Waals surface area (Å²) < 4.78 is 0. The van der Waals surface area contributed by atoms with Gasteiger partial charge in [0.05, 0.1) is 11.4 Å². The van der Waals surface area contributed by atoms with Crippen LogP contribution >= 0.6 is 22.9 Å². The van der Waals surface area contributed by atoms with E-state index in [1.807, 2.05) is 49.6 Å². The number of alkyl halides is 1. The van der Waals surface area contributed by atoms with Crippen LogP contribution in [0, 0.1) is 20.8 Å². The Morgan fingerprint density at radius 3 is 2.44 bits per heavy atom. The summed E-state index contributed by atoms with van der Waals surface area (Å²) in [6.45, 7) is 6.04.